The summed E-state index contributed by atoms with van der Waals surface area (Å²) in [6.07, 6.45) is 1.09. The number of halogens is 3. The molecule has 2 bridgehead atoms. The number of hydrogen-bond acceptors (Lipinski definition) is 7. The summed E-state index contributed by atoms with van der Waals surface area (Å²) in [5, 5.41) is 11.0. The van der Waals surface area contributed by atoms with E-state index >= 15 is 0 Å². The first kappa shape index (κ1) is 19.1. The topological polar surface area (TPSA) is 86.1 Å². The summed E-state index contributed by atoms with van der Waals surface area (Å²) in [5.41, 5.74) is -0.0141. The molecule has 2 unspecified atom stereocenters. The van der Waals surface area contributed by atoms with Crippen molar-refractivity contribution in [2.75, 3.05) is 30.5 Å². The first-order valence-corrected chi connectivity index (χ1v) is 10.8. The van der Waals surface area contributed by atoms with Crippen LogP contribution in [0.25, 0.3) is 0 Å². The van der Waals surface area contributed by atoms with E-state index in [0.29, 0.717) is 31.4 Å². The molecule has 2 aliphatic heterocycles. The number of rotatable bonds is 2. The quantitative estimate of drug-likeness (QED) is 0.739. The van der Waals surface area contributed by atoms with Gasteiger partial charge in [0.15, 0.2) is 11.6 Å². The minimum atomic E-state index is -4.53. The first-order chi connectivity index (χ1) is 15.0. The standard InChI is InChI=1S/C20H23F3N6O2/c21-20(22,23)13-6-24-19-26-17(13)25-14-5-4-10(14)9-31-16-15(11-7-30-8-11)28-29(18(16)27-19)12-2-1-3-12/h6,10-12,14H,1-5,7-9H2,(H2,24,25,26,27). The van der Waals surface area contributed by atoms with E-state index in [2.05, 4.69) is 20.6 Å². The van der Waals surface area contributed by atoms with Crippen LogP contribution in [0.3, 0.4) is 0 Å². The van der Waals surface area contributed by atoms with Gasteiger partial charge in [-0.1, -0.05) is 0 Å². The number of anilines is 3. The van der Waals surface area contributed by atoms with Crippen LogP contribution in [0.4, 0.5) is 30.8 Å². The van der Waals surface area contributed by atoms with Crippen LogP contribution in [-0.4, -0.2) is 45.6 Å². The molecule has 2 aromatic heterocycles. The van der Waals surface area contributed by atoms with Crippen molar-refractivity contribution in [1.82, 2.24) is 19.7 Å². The number of alkyl halides is 3. The Morgan fingerprint density at radius 1 is 1.10 bits per heavy atom. The lowest BCUT2D eigenvalue weighted by Gasteiger charge is -2.37. The van der Waals surface area contributed by atoms with Crippen LogP contribution in [-0.2, 0) is 10.9 Å². The molecule has 2 saturated carbocycles. The highest BCUT2D eigenvalue weighted by molar-refractivity contribution is 5.63. The van der Waals surface area contributed by atoms with Gasteiger partial charge in [-0.25, -0.2) is 9.67 Å². The van der Waals surface area contributed by atoms with Crippen molar-refractivity contribution < 1.29 is 22.6 Å². The highest BCUT2D eigenvalue weighted by Gasteiger charge is 2.40. The molecule has 6 rings (SSSR count). The number of nitrogens with one attached hydrogen (secondary N) is 2. The second-order valence-electron chi connectivity index (χ2n) is 8.80. The van der Waals surface area contributed by atoms with E-state index in [0.717, 1.165) is 44.0 Å². The molecule has 2 N–H and O–H groups in total. The summed E-state index contributed by atoms with van der Waals surface area (Å²) in [7, 11) is 0. The van der Waals surface area contributed by atoms with Gasteiger partial charge in [-0.15, -0.1) is 0 Å². The maximum Gasteiger partial charge on any atom is 0.421 e. The molecule has 4 aliphatic rings. The van der Waals surface area contributed by atoms with E-state index < -0.39 is 11.7 Å². The van der Waals surface area contributed by atoms with Crippen molar-refractivity contribution in [3.8, 4) is 5.75 Å². The Balaban J connectivity index is 1.46. The van der Waals surface area contributed by atoms with E-state index in [1.807, 2.05) is 4.68 Å². The van der Waals surface area contributed by atoms with E-state index in [1.165, 1.54) is 0 Å². The Morgan fingerprint density at radius 2 is 1.94 bits per heavy atom. The average Bonchev–Trinajstić information content (AvgIpc) is 2.92. The lowest BCUT2D eigenvalue weighted by Crippen LogP contribution is -2.42. The van der Waals surface area contributed by atoms with Crippen molar-refractivity contribution in [2.45, 2.75) is 56.3 Å². The fraction of sp³-hybridized carbons (Fsp3) is 0.650. The molecule has 1 saturated heterocycles. The maximum absolute atomic E-state index is 13.5. The van der Waals surface area contributed by atoms with Crippen LogP contribution < -0.4 is 15.4 Å². The molecular weight excluding hydrogens is 413 g/mol. The fourth-order valence-corrected chi connectivity index (χ4v) is 4.44. The second-order valence-corrected chi connectivity index (χ2v) is 8.80. The molecule has 166 valence electrons. The van der Waals surface area contributed by atoms with Crippen LogP contribution in [0.1, 0.15) is 55.3 Å². The zero-order chi connectivity index (χ0) is 21.2. The smallest absolute Gasteiger partial charge is 0.421 e. The summed E-state index contributed by atoms with van der Waals surface area (Å²) < 4.78 is 54.2. The summed E-state index contributed by atoms with van der Waals surface area (Å²) in [6.45, 7) is 1.59. The number of aromatic nitrogens is 4. The Hall–Kier alpha value is -2.56. The summed E-state index contributed by atoms with van der Waals surface area (Å²) in [5.74, 6) is 1.43. The van der Waals surface area contributed by atoms with Gasteiger partial charge in [0.25, 0.3) is 0 Å². The van der Waals surface area contributed by atoms with Crippen LogP contribution in [0.5, 0.6) is 5.75 Å². The van der Waals surface area contributed by atoms with Crippen molar-refractivity contribution in [1.29, 1.82) is 0 Å². The number of fused-ring (bicyclic) bond motifs is 4. The molecule has 31 heavy (non-hydrogen) atoms. The average molecular weight is 436 g/mol. The first-order valence-electron chi connectivity index (χ1n) is 10.8. The lowest BCUT2D eigenvalue weighted by atomic mass is 9.80. The fourth-order valence-electron chi connectivity index (χ4n) is 4.44. The Labute approximate surface area is 176 Å². The van der Waals surface area contributed by atoms with Gasteiger partial charge in [-0.3, -0.25) is 0 Å². The predicted octanol–water partition coefficient (Wildman–Crippen LogP) is 3.86. The number of hydrogen-bond donors (Lipinski definition) is 2. The van der Waals surface area contributed by atoms with Crippen LogP contribution in [0, 0.1) is 5.92 Å². The monoisotopic (exact) mass is 436 g/mol. The largest absolute Gasteiger partial charge is 0.487 e. The highest BCUT2D eigenvalue weighted by Crippen LogP contribution is 2.45. The predicted molar refractivity (Wildman–Crippen MR) is 105 cm³/mol. The van der Waals surface area contributed by atoms with E-state index in [-0.39, 0.29) is 35.7 Å². The van der Waals surface area contributed by atoms with Gasteiger partial charge in [-0.05, 0) is 32.1 Å². The highest BCUT2D eigenvalue weighted by atomic mass is 19.4. The van der Waals surface area contributed by atoms with Crippen LogP contribution >= 0.6 is 0 Å². The molecule has 8 nitrogen and oxygen atoms in total. The Kier molecular flexibility index (Phi) is 4.31. The summed E-state index contributed by atoms with van der Waals surface area (Å²) in [6, 6.07) is 0.107. The van der Waals surface area contributed by atoms with Crippen molar-refractivity contribution >= 4 is 17.6 Å². The molecule has 0 amide bonds. The third kappa shape index (κ3) is 3.20. The third-order valence-electron chi connectivity index (χ3n) is 6.84. The van der Waals surface area contributed by atoms with Gasteiger partial charge in [0.1, 0.15) is 17.1 Å². The minimum Gasteiger partial charge on any atom is -0.487 e. The number of ether oxygens (including phenoxy) is 2. The van der Waals surface area contributed by atoms with Crippen LogP contribution in [0.15, 0.2) is 6.20 Å². The summed E-state index contributed by atoms with van der Waals surface area (Å²) in [4.78, 5) is 8.19. The van der Waals surface area contributed by atoms with Gasteiger partial charge in [-0.2, -0.15) is 23.3 Å². The van der Waals surface area contributed by atoms with Gasteiger partial charge < -0.3 is 20.1 Å². The van der Waals surface area contributed by atoms with Crippen molar-refractivity contribution in [3.05, 3.63) is 17.5 Å². The van der Waals surface area contributed by atoms with E-state index in [1.54, 1.807) is 0 Å². The molecule has 4 heterocycles. The summed E-state index contributed by atoms with van der Waals surface area (Å²) >= 11 is 0. The third-order valence-corrected chi connectivity index (χ3v) is 6.84. The molecular formula is C20H23F3N6O2. The van der Waals surface area contributed by atoms with Crippen molar-refractivity contribution in [2.24, 2.45) is 5.92 Å². The van der Waals surface area contributed by atoms with E-state index in [9.17, 15) is 13.2 Å². The van der Waals surface area contributed by atoms with Gasteiger partial charge in [0.2, 0.25) is 5.95 Å². The molecule has 11 heteroatoms. The van der Waals surface area contributed by atoms with Gasteiger partial charge in [0, 0.05) is 18.2 Å². The molecule has 2 aromatic rings. The Bertz CT molecular complexity index is 1000. The zero-order valence-electron chi connectivity index (χ0n) is 16.8. The molecule has 0 spiro atoms. The zero-order valence-corrected chi connectivity index (χ0v) is 16.8. The normalized spacial score (nSPS) is 25.9. The molecule has 0 aromatic carbocycles. The van der Waals surface area contributed by atoms with Crippen LogP contribution in [0.2, 0.25) is 0 Å². The molecule has 0 radical (unpaired) electrons. The second kappa shape index (κ2) is 6.98. The lowest BCUT2D eigenvalue weighted by molar-refractivity contribution is -0.137. The molecule has 2 atom stereocenters. The van der Waals surface area contributed by atoms with Gasteiger partial charge in [0.05, 0.1) is 31.8 Å². The number of nitrogens with zero attached hydrogens (tertiary/aromatic N) is 4. The molecule has 3 fully saturated rings. The van der Waals surface area contributed by atoms with E-state index in [4.69, 9.17) is 14.6 Å². The molecule has 2 aliphatic carbocycles. The maximum atomic E-state index is 13.5. The Morgan fingerprint density at radius 3 is 2.55 bits per heavy atom. The van der Waals surface area contributed by atoms with Gasteiger partial charge >= 0.3 is 6.18 Å². The minimum absolute atomic E-state index is 0.0926. The van der Waals surface area contributed by atoms with Crippen molar-refractivity contribution in [3.63, 3.8) is 0 Å². The SMILES string of the molecule is FC(F)(F)c1cnc2nc1NC1CCC1COc1c(C3COC3)nn(C3CCC3)c1N2.